The third kappa shape index (κ3) is 3.23. The number of aromatic carboxylic acids is 1. The van der Waals surface area contributed by atoms with Gasteiger partial charge in [-0.2, -0.15) is 0 Å². The van der Waals surface area contributed by atoms with E-state index in [2.05, 4.69) is 4.98 Å². The number of aryl methyl sites for hydroxylation is 1. The van der Waals surface area contributed by atoms with Crippen molar-refractivity contribution in [3.8, 4) is 5.75 Å². The van der Waals surface area contributed by atoms with Gasteiger partial charge in [0.2, 0.25) is 0 Å². The highest BCUT2D eigenvalue weighted by Crippen LogP contribution is 2.26. The number of pyridine rings is 1. The fourth-order valence-corrected chi connectivity index (χ4v) is 1.96. The Kier molecular flexibility index (Phi) is 4.02. The van der Waals surface area contributed by atoms with E-state index >= 15 is 0 Å². The molecular formula is C14H12ClNO3. The van der Waals surface area contributed by atoms with Gasteiger partial charge in [-0.3, -0.25) is 0 Å². The second-order valence-electron chi connectivity index (χ2n) is 4.01. The monoisotopic (exact) mass is 277 g/mol. The van der Waals surface area contributed by atoms with Crippen molar-refractivity contribution in [2.75, 3.05) is 0 Å². The largest absolute Gasteiger partial charge is 0.488 e. The summed E-state index contributed by atoms with van der Waals surface area (Å²) in [5, 5.41) is 9.07. The topological polar surface area (TPSA) is 59.4 Å². The first-order chi connectivity index (χ1) is 9.08. The van der Waals surface area contributed by atoms with Gasteiger partial charge in [0.05, 0.1) is 0 Å². The highest BCUT2D eigenvalue weighted by atomic mass is 35.5. The zero-order valence-electron chi connectivity index (χ0n) is 10.3. The molecular weight excluding hydrogens is 266 g/mol. The molecule has 98 valence electrons. The summed E-state index contributed by atoms with van der Waals surface area (Å²) in [4.78, 5) is 15.1. The zero-order valence-corrected chi connectivity index (χ0v) is 11.0. The number of benzene rings is 1. The Morgan fingerprint density at radius 3 is 2.68 bits per heavy atom. The van der Waals surface area contributed by atoms with E-state index in [-0.39, 0.29) is 23.1 Å². The van der Waals surface area contributed by atoms with E-state index in [1.165, 1.54) is 0 Å². The molecule has 1 N–H and O–H groups in total. The van der Waals surface area contributed by atoms with Gasteiger partial charge in [0.1, 0.15) is 23.1 Å². The van der Waals surface area contributed by atoms with E-state index < -0.39 is 5.97 Å². The summed E-state index contributed by atoms with van der Waals surface area (Å²) < 4.78 is 5.54. The van der Waals surface area contributed by atoms with Crippen LogP contribution in [0.2, 0.25) is 5.15 Å². The Labute approximate surface area is 115 Å². The Morgan fingerprint density at radius 1 is 1.37 bits per heavy atom. The van der Waals surface area contributed by atoms with Crippen LogP contribution < -0.4 is 4.74 Å². The third-order valence-electron chi connectivity index (χ3n) is 2.52. The van der Waals surface area contributed by atoms with Gasteiger partial charge in [0.25, 0.3) is 0 Å². The molecule has 0 saturated carbocycles. The van der Waals surface area contributed by atoms with Crippen molar-refractivity contribution in [3.63, 3.8) is 0 Å². The maximum atomic E-state index is 11.2. The summed E-state index contributed by atoms with van der Waals surface area (Å²) in [6.07, 6.45) is 0. The lowest BCUT2D eigenvalue weighted by Crippen LogP contribution is -2.06. The Bertz CT molecular complexity index is 599. The van der Waals surface area contributed by atoms with Crippen molar-refractivity contribution >= 4 is 17.6 Å². The summed E-state index contributed by atoms with van der Waals surface area (Å²) in [5.74, 6) is -0.922. The van der Waals surface area contributed by atoms with Gasteiger partial charge in [-0.25, -0.2) is 9.78 Å². The van der Waals surface area contributed by atoms with Crippen molar-refractivity contribution in [3.05, 3.63) is 58.4 Å². The van der Waals surface area contributed by atoms with E-state index in [1.54, 1.807) is 13.0 Å². The van der Waals surface area contributed by atoms with Gasteiger partial charge < -0.3 is 9.84 Å². The van der Waals surface area contributed by atoms with Crippen molar-refractivity contribution in [2.24, 2.45) is 0 Å². The lowest BCUT2D eigenvalue weighted by Gasteiger charge is -2.11. The van der Waals surface area contributed by atoms with Gasteiger partial charge in [0.15, 0.2) is 0 Å². The molecule has 0 unspecified atom stereocenters. The van der Waals surface area contributed by atoms with Crippen molar-refractivity contribution in [1.29, 1.82) is 0 Å². The summed E-state index contributed by atoms with van der Waals surface area (Å²) in [6, 6.07) is 11.0. The minimum atomic E-state index is -1.15. The van der Waals surface area contributed by atoms with Crippen molar-refractivity contribution in [1.82, 2.24) is 4.98 Å². The first-order valence-electron chi connectivity index (χ1n) is 5.65. The summed E-state index contributed by atoms with van der Waals surface area (Å²) in [7, 11) is 0. The van der Waals surface area contributed by atoms with E-state index in [9.17, 15) is 4.79 Å². The molecule has 19 heavy (non-hydrogen) atoms. The molecule has 5 heteroatoms. The van der Waals surface area contributed by atoms with Crippen LogP contribution in [0.3, 0.4) is 0 Å². The molecule has 2 rings (SSSR count). The molecule has 1 aromatic carbocycles. The van der Waals surface area contributed by atoms with Crippen LogP contribution in [0.25, 0.3) is 0 Å². The number of carboxylic acid groups (broad SMARTS) is 1. The fraction of sp³-hybridized carbons (Fsp3) is 0.143. The molecule has 0 atom stereocenters. The summed E-state index contributed by atoms with van der Waals surface area (Å²) >= 11 is 5.84. The van der Waals surface area contributed by atoms with Crippen LogP contribution in [-0.2, 0) is 6.61 Å². The Morgan fingerprint density at radius 2 is 2.05 bits per heavy atom. The third-order valence-corrected chi connectivity index (χ3v) is 2.79. The number of rotatable bonds is 4. The molecule has 1 aromatic heterocycles. The minimum Gasteiger partial charge on any atom is -0.488 e. The van der Waals surface area contributed by atoms with Crippen LogP contribution in [0.1, 0.15) is 21.6 Å². The Balaban J connectivity index is 2.27. The van der Waals surface area contributed by atoms with Crippen LogP contribution in [-0.4, -0.2) is 16.1 Å². The van der Waals surface area contributed by atoms with E-state index in [0.717, 1.165) is 5.56 Å². The molecule has 4 nitrogen and oxygen atoms in total. The SMILES string of the molecule is Cc1cc(OCc2ccccc2)c(C(=O)O)c(Cl)n1. The number of aromatic nitrogens is 1. The lowest BCUT2D eigenvalue weighted by molar-refractivity contribution is 0.0691. The first-order valence-corrected chi connectivity index (χ1v) is 6.03. The molecule has 1 heterocycles. The average molecular weight is 278 g/mol. The molecule has 0 aliphatic rings. The highest BCUT2D eigenvalue weighted by Gasteiger charge is 2.18. The number of carboxylic acids is 1. The average Bonchev–Trinajstić information content (AvgIpc) is 2.36. The minimum absolute atomic E-state index is 0.0597. The molecule has 0 aliphatic carbocycles. The van der Waals surface area contributed by atoms with Gasteiger partial charge in [-0.1, -0.05) is 41.9 Å². The number of nitrogens with zero attached hydrogens (tertiary/aromatic N) is 1. The molecule has 0 bridgehead atoms. The van der Waals surface area contributed by atoms with E-state index in [1.807, 2.05) is 30.3 Å². The summed E-state index contributed by atoms with van der Waals surface area (Å²) in [6.45, 7) is 2.01. The molecule has 0 fully saturated rings. The number of carbonyl (C=O) groups is 1. The highest BCUT2D eigenvalue weighted by molar-refractivity contribution is 6.32. The lowest BCUT2D eigenvalue weighted by atomic mass is 10.2. The van der Waals surface area contributed by atoms with Crippen LogP contribution in [0, 0.1) is 6.92 Å². The van der Waals surface area contributed by atoms with Crippen molar-refractivity contribution < 1.29 is 14.6 Å². The van der Waals surface area contributed by atoms with Crippen molar-refractivity contribution in [2.45, 2.75) is 13.5 Å². The van der Waals surface area contributed by atoms with Gasteiger partial charge in [0, 0.05) is 11.8 Å². The van der Waals surface area contributed by atoms with E-state index in [4.69, 9.17) is 21.4 Å². The smallest absolute Gasteiger partial charge is 0.342 e. The predicted molar refractivity (Wildman–Crippen MR) is 71.7 cm³/mol. The maximum absolute atomic E-state index is 11.2. The van der Waals surface area contributed by atoms with Crippen LogP contribution in [0.4, 0.5) is 0 Å². The number of halogens is 1. The van der Waals surface area contributed by atoms with Gasteiger partial charge in [-0.15, -0.1) is 0 Å². The van der Waals surface area contributed by atoms with E-state index in [0.29, 0.717) is 5.69 Å². The first kappa shape index (κ1) is 13.4. The van der Waals surface area contributed by atoms with Crippen LogP contribution in [0.5, 0.6) is 5.75 Å². The van der Waals surface area contributed by atoms with Gasteiger partial charge >= 0.3 is 5.97 Å². The van der Waals surface area contributed by atoms with Crippen LogP contribution >= 0.6 is 11.6 Å². The molecule has 0 saturated heterocycles. The normalized spacial score (nSPS) is 10.2. The predicted octanol–water partition coefficient (Wildman–Crippen LogP) is 3.32. The molecule has 2 aromatic rings. The van der Waals surface area contributed by atoms with Crippen LogP contribution in [0.15, 0.2) is 36.4 Å². The number of hydrogen-bond donors (Lipinski definition) is 1. The van der Waals surface area contributed by atoms with Gasteiger partial charge in [-0.05, 0) is 12.5 Å². The maximum Gasteiger partial charge on any atom is 0.342 e. The second kappa shape index (κ2) is 5.71. The summed E-state index contributed by atoms with van der Waals surface area (Å²) in [5.41, 5.74) is 1.45. The molecule has 0 amide bonds. The number of hydrogen-bond acceptors (Lipinski definition) is 3. The molecule has 0 aliphatic heterocycles. The number of ether oxygens (including phenoxy) is 1. The Hall–Kier alpha value is -2.07. The standard InChI is InChI=1S/C14H12ClNO3/c1-9-7-11(12(14(17)18)13(15)16-9)19-8-10-5-3-2-4-6-10/h2-7H,8H2,1H3,(H,17,18). The molecule has 0 spiro atoms. The zero-order chi connectivity index (χ0) is 13.8. The quantitative estimate of drug-likeness (QED) is 0.871. The second-order valence-corrected chi connectivity index (χ2v) is 4.37. The molecule has 0 radical (unpaired) electrons. The fourth-order valence-electron chi connectivity index (χ4n) is 1.65.